The van der Waals surface area contributed by atoms with Crippen LogP contribution < -0.4 is 10.9 Å². The number of rotatable bonds is 5. The van der Waals surface area contributed by atoms with Gasteiger partial charge in [0, 0.05) is 31.9 Å². The van der Waals surface area contributed by atoms with Crippen molar-refractivity contribution in [1.29, 1.82) is 0 Å². The van der Waals surface area contributed by atoms with E-state index in [9.17, 15) is 4.79 Å². The Morgan fingerprint density at radius 3 is 3.06 bits per heavy atom. The second-order valence-corrected chi connectivity index (χ2v) is 4.75. The number of hydrogen-bond acceptors (Lipinski definition) is 3. The van der Waals surface area contributed by atoms with Gasteiger partial charge in [0.1, 0.15) is 0 Å². The number of likely N-dealkylation sites (tertiary alicyclic amines) is 1. The highest BCUT2D eigenvalue weighted by molar-refractivity contribution is 4.93. The fourth-order valence-corrected chi connectivity index (χ4v) is 2.47. The number of pyridine rings is 1. The molecule has 1 unspecified atom stereocenters. The van der Waals surface area contributed by atoms with Gasteiger partial charge in [-0.15, -0.1) is 0 Å². The van der Waals surface area contributed by atoms with Gasteiger partial charge in [0.2, 0.25) is 0 Å². The van der Waals surface area contributed by atoms with E-state index in [1.807, 2.05) is 19.3 Å². The molecule has 0 spiro atoms. The van der Waals surface area contributed by atoms with Crippen molar-refractivity contribution in [2.24, 2.45) is 5.92 Å². The molecule has 1 fully saturated rings. The third kappa shape index (κ3) is 3.41. The summed E-state index contributed by atoms with van der Waals surface area (Å²) in [6.07, 6.45) is 3.13. The van der Waals surface area contributed by atoms with E-state index >= 15 is 0 Å². The summed E-state index contributed by atoms with van der Waals surface area (Å²) in [4.78, 5) is 14.0. The van der Waals surface area contributed by atoms with E-state index in [1.165, 1.54) is 6.42 Å². The maximum atomic E-state index is 11.5. The van der Waals surface area contributed by atoms with Crippen molar-refractivity contribution >= 4 is 0 Å². The molecule has 1 N–H and O–H groups in total. The normalized spacial score (nSPS) is 20.9. The molecule has 0 amide bonds. The van der Waals surface area contributed by atoms with Crippen LogP contribution in [0.25, 0.3) is 0 Å². The Morgan fingerprint density at radius 1 is 1.41 bits per heavy atom. The smallest absolute Gasteiger partial charge is 0.250 e. The number of nitrogens with one attached hydrogen (secondary N) is 1. The molecular formula is C13H21N3O. The Kier molecular flexibility index (Phi) is 4.34. The summed E-state index contributed by atoms with van der Waals surface area (Å²) < 4.78 is 1.78. The van der Waals surface area contributed by atoms with Gasteiger partial charge in [-0.3, -0.25) is 4.79 Å². The van der Waals surface area contributed by atoms with Crippen LogP contribution in [-0.4, -0.2) is 42.7 Å². The van der Waals surface area contributed by atoms with Crippen molar-refractivity contribution in [3.63, 3.8) is 0 Å². The molecule has 1 aliphatic heterocycles. The van der Waals surface area contributed by atoms with Crippen molar-refractivity contribution in [3.8, 4) is 0 Å². The first kappa shape index (κ1) is 12.3. The molecule has 17 heavy (non-hydrogen) atoms. The van der Waals surface area contributed by atoms with Crippen molar-refractivity contribution in [1.82, 2.24) is 14.8 Å². The Balaban J connectivity index is 1.80. The van der Waals surface area contributed by atoms with E-state index in [0.29, 0.717) is 0 Å². The number of aromatic nitrogens is 1. The van der Waals surface area contributed by atoms with Gasteiger partial charge in [-0.25, -0.2) is 0 Å². The van der Waals surface area contributed by atoms with Crippen molar-refractivity contribution in [2.75, 3.05) is 33.2 Å². The predicted molar refractivity (Wildman–Crippen MR) is 69.2 cm³/mol. The second-order valence-electron chi connectivity index (χ2n) is 4.75. The molecule has 0 aromatic carbocycles. The number of hydrogen-bond donors (Lipinski definition) is 1. The predicted octanol–water partition coefficient (Wildman–Crippen LogP) is 0.390. The van der Waals surface area contributed by atoms with E-state index < -0.39 is 0 Å². The van der Waals surface area contributed by atoms with Crippen molar-refractivity contribution in [3.05, 3.63) is 34.7 Å². The molecule has 4 heteroatoms. The zero-order valence-electron chi connectivity index (χ0n) is 10.4. The Bertz CT molecular complexity index is 402. The average Bonchev–Trinajstić information content (AvgIpc) is 2.76. The maximum Gasteiger partial charge on any atom is 0.250 e. The van der Waals surface area contributed by atoms with Gasteiger partial charge >= 0.3 is 0 Å². The van der Waals surface area contributed by atoms with E-state index in [0.717, 1.165) is 38.6 Å². The van der Waals surface area contributed by atoms with Crippen LogP contribution in [0.15, 0.2) is 29.2 Å². The van der Waals surface area contributed by atoms with Gasteiger partial charge in [0.05, 0.1) is 0 Å². The first-order chi connectivity index (χ1) is 8.29. The van der Waals surface area contributed by atoms with E-state index in [-0.39, 0.29) is 5.56 Å². The minimum atomic E-state index is 0.0958. The molecule has 1 saturated heterocycles. The summed E-state index contributed by atoms with van der Waals surface area (Å²) in [7, 11) is 2.01. The topological polar surface area (TPSA) is 37.3 Å². The highest BCUT2D eigenvalue weighted by atomic mass is 16.1. The van der Waals surface area contributed by atoms with Crippen LogP contribution >= 0.6 is 0 Å². The summed E-state index contributed by atoms with van der Waals surface area (Å²) in [5, 5.41) is 3.23. The lowest BCUT2D eigenvalue weighted by molar-refractivity contribution is 0.307. The molecule has 0 aliphatic carbocycles. The van der Waals surface area contributed by atoms with Crippen LogP contribution in [0.3, 0.4) is 0 Å². The first-order valence-electron chi connectivity index (χ1n) is 6.32. The fourth-order valence-electron chi connectivity index (χ4n) is 2.47. The zero-order valence-corrected chi connectivity index (χ0v) is 10.4. The highest BCUT2D eigenvalue weighted by Crippen LogP contribution is 2.14. The lowest BCUT2D eigenvalue weighted by Gasteiger charge is -2.16. The molecule has 0 saturated carbocycles. The molecule has 2 heterocycles. The average molecular weight is 235 g/mol. The quantitative estimate of drug-likeness (QED) is 0.802. The molecule has 1 aromatic heterocycles. The first-order valence-corrected chi connectivity index (χ1v) is 6.32. The fraction of sp³-hybridized carbons (Fsp3) is 0.615. The van der Waals surface area contributed by atoms with Crippen LogP contribution in [0.4, 0.5) is 0 Å². The SMILES string of the molecule is CNCC1CCN(CCn2ccccc2=O)C1. The molecule has 94 valence electrons. The number of nitrogens with zero attached hydrogens (tertiary/aromatic N) is 2. The third-order valence-electron chi connectivity index (χ3n) is 3.42. The highest BCUT2D eigenvalue weighted by Gasteiger charge is 2.21. The lowest BCUT2D eigenvalue weighted by atomic mass is 10.1. The minimum absolute atomic E-state index is 0.0958. The summed E-state index contributed by atoms with van der Waals surface area (Å²) in [5.41, 5.74) is 0.0958. The summed E-state index contributed by atoms with van der Waals surface area (Å²) >= 11 is 0. The van der Waals surface area contributed by atoms with Crippen LogP contribution in [-0.2, 0) is 6.54 Å². The van der Waals surface area contributed by atoms with Gasteiger partial charge in [-0.2, -0.15) is 0 Å². The van der Waals surface area contributed by atoms with E-state index in [4.69, 9.17) is 0 Å². The molecule has 0 bridgehead atoms. The molecule has 1 atom stereocenters. The van der Waals surface area contributed by atoms with Crippen molar-refractivity contribution < 1.29 is 0 Å². The van der Waals surface area contributed by atoms with Gasteiger partial charge < -0.3 is 14.8 Å². The third-order valence-corrected chi connectivity index (χ3v) is 3.42. The van der Waals surface area contributed by atoms with Gasteiger partial charge in [0.15, 0.2) is 0 Å². The van der Waals surface area contributed by atoms with Gasteiger partial charge in [0.25, 0.3) is 5.56 Å². The Morgan fingerprint density at radius 2 is 2.29 bits per heavy atom. The van der Waals surface area contributed by atoms with Crippen LogP contribution in [0.1, 0.15) is 6.42 Å². The van der Waals surface area contributed by atoms with Crippen LogP contribution in [0.2, 0.25) is 0 Å². The Labute approximate surface area is 102 Å². The monoisotopic (exact) mass is 235 g/mol. The zero-order chi connectivity index (χ0) is 12.1. The molecule has 4 nitrogen and oxygen atoms in total. The van der Waals surface area contributed by atoms with E-state index in [2.05, 4.69) is 10.2 Å². The minimum Gasteiger partial charge on any atom is -0.319 e. The summed E-state index contributed by atoms with van der Waals surface area (Å²) in [6.45, 7) is 5.19. The molecule has 1 aromatic rings. The van der Waals surface area contributed by atoms with Gasteiger partial charge in [-0.05, 0) is 38.5 Å². The summed E-state index contributed by atoms with van der Waals surface area (Å²) in [6, 6.07) is 5.32. The second kappa shape index (κ2) is 5.98. The molecule has 2 rings (SSSR count). The van der Waals surface area contributed by atoms with Crippen LogP contribution in [0, 0.1) is 5.92 Å². The van der Waals surface area contributed by atoms with Crippen molar-refractivity contribution in [2.45, 2.75) is 13.0 Å². The van der Waals surface area contributed by atoms with Crippen LogP contribution in [0.5, 0.6) is 0 Å². The maximum absolute atomic E-state index is 11.5. The largest absolute Gasteiger partial charge is 0.319 e. The molecule has 0 radical (unpaired) electrons. The molecule has 1 aliphatic rings. The standard InChI is InChI=1S/C13H21N3O/c1-14-10-12-5-7-15(11-12)8-9-16-6-3-2-4-13(16)17/h2-4,6,12,14H,5,7-11H2,1H3. The van der Waals surface area contributed by atoms with E-state index in [1.54, 1.807) is 16.7 Å². The lowest BCUT2D eigenvalue weighted by Crippen LogP contribution is -2.30. The molecular weight excluding hydrogens is 214 g/mol. The summed E-state index contributed by atoms with van der Waals surface area (Å²) in [5.74, 6) is 0.771. The Hall–Kier alpha value is -1.13. The van der Waals surface area contributed by atoms with Gasteiger partial charge in [-0.1, -0.05) is 6.07 Å².